The summed E-state index contributed by atoms with van der Waals surface area (Å²) in [6.07, 6.45) is -3.15. The second-order valence-corrected chi connectivity index (χ2v) is 5.71. The first kappa shape index (κ1) is 14.8. The van der Waals surface area contributed by atoms with Crippen LogP contribution >= 0.6 is 0 Å². The first-order valence-electron chi connectivity index (χ1n) is 7.06. The molecule has 7 heteroatoms. The largest absolute Gasteiger partial charge is 0.507 e. The third-order valence-electron chi connectivity index (χ3n) is 4.33. The predicted molar refractivity (Wildman–Crippen MR) is 74.3 cm³/mol. The van der Waals surface area contributed by atoms with E-state index in [4.69, 9.17) is 4.74 Å². The van der Waals surface area contributed by atoms with Gasteiger partial charge in [-0.3, -0.25) is 9.59 Å². The summed E-state index contributed by atoms with van der Waals surface area (Å²) < 4.78 is 5.07. The molecule has 7 nitrogen and oxygen atoms in total. The molecule has 1 amide bonds. The number of carbonyl (C=O) groups is 2. The molecule has 1 saturated carbocycles. The number of aliphatic hydroxyl groups is 2. The molecule has 0 aromatic heterocycles. The van der Waals surface area contributed by atoms with Crippen LogP contribution in [0.15, 0.2) is 18.2 Å². The number of hydrogen-bond acceptors (Lipinski definition) is 6. The lowest BCUT2D eigenvalue weighted by Gasteiger charge is -2.45. The van der Waals surface area contributed by atoms with E-state index in [1.807, 2.05) is 0 Å². The molecule has 0 spiro atoms. The van der Waals surface area contributed by atoms with Gasteiger partial charge in [-0.1, -0.05) is 12.1 Å². The molecule has 1 fully saturated rings. The number of aliphatic hydroxyl groups excluding tert-OH is 2. The van der Waals surface area contributed by atoms with Gasteiger partial charge < -0.3 is 25.4 Å². The summed E-state index contributed by atoms with van der Waals surface area (Å²) in [6, 6.07) is 4.03. The molecule has 0 saturated heterocycles. The highest BCUT2D eigenvalue weighted by molar-refractivity contribution is 6.00. The van der Waals surface area contributed by atoms with E-state index >= 15 is 0 Å². The summed E-state index contributed by atoms with van der Waals surface area (Å²) in [5.74, 6) is -1.54. The zero-order valence-electron chi connectivity index (χ0n) is 11.9. The van der Waals surface area contributed by atoms with Crippen molar-refractivity contribution in [2.24, 2.45) is 0 Å². The zero-order chi connectivity index (χ0) is 16.0. The summed E-state index contributed by atoms with van der Waals surface area (Å²) >= 11 is 0. The molecule has 0 radical (unpaired) electrons. The molecule has 1 heterocycles. The summed E-state index contributed by atoms with van der Waals surface area (Å²) in [5.41, 5.74) is 0.741. The standard InChI is InChI=1S/C15H17NO6/c1-6(17)22-10-5-8-7-3-2-4-9(18)11(7)15(21)16-12(8)14(20)13(10)19/h2-4,8,10,12-14,18-20H,5H2,1H3,(H,16,21)/t8-,10+,12-,13-,14+/m1/s1. The Labute approximate surface area is 126 Å². The van der Waals surface area contributed by atoms with Crippen LogP contribution < -0.4 is 5.32 Å². The molecular formula is C15H17NO6. The van der Waals surface area contributed by atoms with Crippen molar-refractivity contribution in [3.05, 3.63) is 29.3 Å². The highest BCUT2D eigenvalue weighted by Crippen LogP contribution is 2.41. The van der Waals surface area contributed by atoms with Crippen LogP contribution in [-0.4, -0.2) is 51.5 Å². The monoisotopic (exact) mass is 307 g/mol. The van der Waals surface area contributed by atoms with Gasteiger partial charge in [-0.25, -0.2) is 0 Å². The Morgan fingerprint density at radius 1 is 1.32 bits per heavy atom. The van der Waals surface area contributed by atoms with Crippen molar-refractivity contribution in [1.82, 2.24) is 5.32 Å². The number of ether oxygens (including phenoxy) is 1. The second kappa shape index (κ2) is 5.26. The predicted octanol–water partition coefficient (Wildman–Crippen LogP) is -0.355. The van der Waals surface area contributed by atoms with Crippen LogP contribution in [0.4, 0.5) is 0 Å². The van der Waals surface area contributed by atoms with Crippen LogP contribution in [0.2, 0.25) is 0 Å². The lowest BCUT2D eigenvalue weighted by atomic mass is 9.72. The van der Waals surface area contributed by atoms with Crippen LogP contribution in [0.5, 0.6) is 5.75 Å². The SMILES string of the molecule is CC(=O)O[C@H]1C[C@@H]2c3cccc(O)c3C(=O)N[C@H]2[C@H](O)[C@@H]1O. The Kier molecular flexibility index (Phi) is 3.54. The molecule has 22 heavy (non-hydrogen) atoms. The molecule has 4 N–H and O–H groups in total. The van der Waals surface area contributed by atoms with Gasteiger partial charge in [0.2, 0.25) is 0 Å². The van der Waals surface area contributed by atoms with Gasteiger partial charge in [0.15, 0.2) is 0 Å². The van der Waals surface area contributed by atoms with Crippen molar-refractivity contribution >= 4 is 11.9 Å². The van der Waals surface area contributed by atoms with E-state index in [9.17, 15) is 24.9 Å². The molecule has 1 aliphatic heterocycles. The first-order valence-corrected chi connectivity index (χ1v) is 7.06. The van der Waals surface area contributed by atoms with E-state index in [2.05, 4.69) is 5.32 Å². The summed E-state index contributed by atoms with van der Waals surface area (Å²) in [6.45, 7) is 1.23. The molecule has 118 valence electrons. The normalized spacial score (nSPS) is 33.4. The van der Waals surface area contributed by atoms with Crippen molar-refractivity contribution in [2.75, 3.05) is 0 Å². The average Bonchev–Trinajstić information content (AvgIpc) is 2.45. The highest BCUT2D eigenvalue weighted by atomic mass is 16.6. The van der Waals surface area contributed by atoms with E-state index in [-0.39, 0.29) is 23.7 Å². The Balaban J connectivity index is 2.01. The van der Waals surface area contributed by atoms with Crippen LogP contribution in [0.1, 0.15) is 35.2 Å². The van der Waals surface area contributed by atoms with Gasteiger partial charge in [0.1, 0.15) is 24.1 Å². The number of benzene rings is 1. The minimum atomic E-state index is -1.27. The van der Waals surface area contributed by atoms with Crippen molar-refractivity contribution in [1.29, 1.82) is 0 Å². The molecule has 3 rings (SSSR count). The number of fused-ring (bicyclic) bond motifs is 3. The van der Waals surface area contributed by atoms with Gasteiger partial charge in [0.05, 0.1) is 11.6 Å². The fourth-order valence-electron chi connectivity index (χ4n) is 3.38. The van der Waals surface area contributed by atoms with Gasteiger partial charge in [-0.2, -0.15) is 0 Å². The number of esters is 1. The molecule has 1 aliphatic carbocycles. The maximum absolute atomic E-state index is 12.1. The highest BCUT2D eigenvalue weighted by Gasteiger charge is 2.49. The van der Waals surface area contributed by atoms with E-state index in [0.29, 0.717) is 5.56 Å². The van der Waals surface area contributed by atoms with Gasteiger partial charge >= 0.3 is 5.97 Å². The van der Waals surface area contributed by atoms with Crippen LogP contribution in [0.3, 0.4) is 0 Å². The Bertz CT molecular complexity index is 630. The van der Waals surface area contributed by atoms with Gasteiger partial charge in [-0.15, -0.1) is 0 Å². The first-order chi connectivity index (χ1) is 10.4. The molecule has 1 aromatic rings. The molecule has 0 unspecified atom stereocenters. The van der Waals surface area contributed by atoms with E-state index in [0.717, 1.165) is 0 Å². The molecule has 1 aromatic carbocycles. The van der Waals surface area contributed by atoms with Crippen LogP contribution in [-0.2, 0) is 9.53 Å². The average molecular weight is 307 g/mol. The summed E-state index contributed by atoms with van der Waals surface area (Å²) in [7, 11) is 0. The number of nitrogens with one attached hydrogen (secondary N) is 1. The van der Waals surface area contributed by atoms with Crippen molar-refractivity contribution in [2.45, 2.75) is 43.6 Å². The topological polar surface area (TPSA) is 116 Å². The summed E-state index contributed by atoms with van der Waals surface area (Å²) in [5, 5.41) is 32.8. The number of hydrogen-bond donors (Lipinski definition) is 4. The van der Waals surface area contributed by atoms with Crippen molar-refractivity contribution in [3.63, 3.8) is 0 Å². The lowest BCUT2D eigenvalue weighted by Crippen LogP contribution is -2.61. The van der Waals surface area contributed by atoms with Crippen LogP contribution in [0.25, 0.3) is 0 Å². The number of rotatable bonds is 1. The second-order valence-electron chi connectivity index (χ2n) is 5.71. The van der Waals surface area contributed by atoms with E-state index in [1.165, 1.54) is 13.0 Å². The third-order valence-corrected chi connectivity index (χ3v) is 4.33. The summed E-state index contributed by atoms with van der Waals surface area (Å²) in [4.78, 5) is 23.3. The minimum Gasteiger partial charge on any atom is -0.507 e. The number of amides is 1. The number of phenolic OH excluding ortho intramolecular Hbond substituents is 1. The van der Waals surface area contributed by atoms with Crippen molar-refractivity contribution < 1.29 is 29.6 Å². The third kappa shape index (κ3) is 2.22. The molecular weight excluding hydrogens is 290 g/mol. The Hall–Kier alpha value is -2.12. The number of carbonyl (C=O) groups excluding carboxylic acids is 2. The Morgan fingerprint density at radius 2 is 2.05 bits per heavy atom. The zero-order valence-corrected chi connectivity index (χ0v) is 11.9. The molecule has 2 aliphatic rings. The quantitative estimate of drug-likeness (QED) is 0.527. The Morgan fingerprint density at radius 3 is 2.73 bits per heavy atom. The number of phenols is 1. The maximum atomic E-state index is 12.1. The van der Waals surface area contributed by atoms with E-state index < -0.39 is 36.2 Å². The van der Waals surface area contributed by atoms with Gasteiger partial charge in [0, 0.05) is 12.8 Å². The minimum absolute atomic E-state index is 0.141. The fraction of sp³-hybridized carbons (Fsp3) is 0.467. The molecule has 5 atom stereocenters. The molecule has 0 bridgehead atoms. The van der Waals surface area contributed by atoms with Gasteiger partial charge in [-0.05, 0) is 18.1 Å². The van der Waals surface area contributed by atoms with Crippen LogP contribution in [0, 0.1) is 0 Å². The maximum Gasteiger partial charge on any atom is 0.302 e. The van der Waals surface area contributed by atoms with E-state index in [1.54, 1.807) is 12.1 Å². The van der Waals surface area contributed by atoms with Gasteiger partial charge in [0.25, 0.3) is 5.91 Å². The fourth-order valence-corrected chi connectivity index (χ4v) is 3.38. The lowest BCUT2D eigenvalue weighted by molar-refractivity contribution is -0.166. The number of aromatic hydroxyl groups is 1. The smallest absolute Gasteiger partial charge is 0.302 e. The van der Waals surface area contributed by atoms with Crippen molar-refractivity contribution in [3.8, 4) is 5.75 Å².